The molecule has 0 aliphatic carbocycles. The van der Waals surface area contributed by atoms with Crippen LogP contribution in [-0.4, -0.2) is 34.9 Å². The van der Waals surface area contributed by atoms with Crippen molar-refractivity contribution in [2.24, 2.45) is 0 Å². The third-order valence-electron chi connectivity index (χ3n) is 3.06. The van der Waals surface area contributed by atoms with Crippen LogP contribution < -0.4 is 5.32 Å². The van der Waals surface area contributed by atoms with Gasteiger partial charge in [-0.2, -0.15) is 4.98 Å². The molecule has 0 aromatic carbocycles. The number of methoxy groups -OCH3 is 1. The minimum Gasteiger partial charge on any atom is -0.380 e. The van der Waals surface area contributed by atoms with Crippen LogP contribution in [0.1, 0.15) is 18.4 Å². The van der Waals surface area contributed by atoms with E-state index in [1.807, 2.05) is 18.2 Å². The molecule has 6 heteroatoms. The summed E-state index contributed by atoms with van der Waals surface area (Å²) >= 11 is 0. The van der Waals surface area contributed by atoms with Crippen LogP contribution in [0, 0.1) is 0 Å². The normalized spacial score (nSPS) is 23.4. The molecule has 1 fully saturated rings. The Morgan fingerprint density at radius 1 is 1.44 bits per heavy atom. The van der Waals surface area contributed by atoms with Crippen molar-refractivity contribution < 1.29 is 9.26 Å². The second-order valence-electron chi connectivity index (χ2n) is 4.23. The lowest BCUT2D eigenvalue weighted by molar-refractivity contribution is 0.116. The highest BCUT2D eigenvalue weighted by Gasteiger charge is 2.29. The van der Waals surface area contributed by atoms with Crippen LogP contribution in [0.25, 0.3) is 11.5 Å². The van der Waals surface area contributed by atoms with Gasteiger partial charge in [0.1, 0.15) is 5.69 Å². The Hall–Kier alpha value is -1.79. The van der Waals surface area contributed by atoms with Gasteiger partial charge in [-0.05, 0) is 18.6 Å². The van der Waals surface area contributed by atoms with Crippen molar-refractivity contribution in [2.75, 3.05) is 13.7 Å². The molecule has 2 aromatic heterocycles. The Balaban J connectivity index is 1.78. The van der Waals surface area contributed by atoms with E-state index in [1.54, 1.807) is 13.3 Å². The van der Waals surface area contributed by atoms with Gasteiger partial charge in [-0.15, -0.1) is 0 Å². The highest BCUT2D eigenvalue weighted by molar-refractivity contribution is 5.47. The summed E-state index contributed by atoms with van der Waals surface area (Å²) in [6.07, 6.45) is 2.76. The van der Waals surface area contributed by atoms with Crippen molar-refractivity contribution in [1.82, 2.24) is 20.4 Å². The summed E-state index contributed by atoms with van der Waals surface area (Å²) in [5, 5.41) is 7.25. The van der Waals surface area contributed by atoms with Crippen LogP contribution in [-0.2, 0) is 4.74 Å². The van der Waals surface area contributed by atoms with Crippen LogP contribution >= 0.6 is 0 Å². The Morgan fingerprint density at radius 2 is 2.39 bits per heavy atom. The van der Waals surface area contributed by atoms with Crippen LogP contribution in [0.5, 0.6) is 0 Å². The number of aromatic nitrogens is 3. The van der Waals surface area contributed by atoms with Crippen LogP contribution in [0.15, 0.2) is 28.9 Å². The smallest absolute Gasteiger partial charge is 0.244 e. The molecule has 0 saturated carbocycles. The Labute approximate surface area is 104 Å². The summed E-state index contributed by atoms with van der Waals surface area (Å²) in [6, 6.07) is 5.67. The fourth-order valence-corrected chi connectivity index (χ4v) is 2.05. The molecule has 0 amide bonds. The molecular weight excluding hydrogens is 232 g/mol. The van der Waals surface area contributed by atoms with E-state index in [9.17, 15) is 0 Å². The van der Waals surface area contributed by atoms with Crippen LogP contribution in [0.4, 0.5) is 0 Å². The maximum absolute atomic E-state index is 5.29. The summed E-state index contributed by atoms with van der Waals surface area (Å²) < 4.78 is 10.6. The lowest BCUT2D eigenvalue weighted by atomic mass is 10.2. The number of rotatable bonds is 3. The van der Waals surface area contributed by atoms with Gasteiger partial charge >= 0.3 is 0 Å². The largest absolute Gasteiger partial charge is 0.380 e. The summed E-state index contributed by atoms with van der Waals surface area (Å²) in [5.74, 6) is 1.11. The van der Waals surface area contributed by atoms with E-state index >= 15 is 0 Å². The number of ether oxygens (including phenoxy) is 1. The van der Waals surface area contributed by atoms with Crippen molar-refractivity contribution in [1.29, 1.82) is 0 Å². The molecule has 0 radical (unpaired) electrons. The van der Waals surface area contributed by atoms with E-state index in [1.165, 1.54) is 0 Å². The van der Waals surface area contributed by atoms with E-state index in [0.29, 0.717) is 17.4 Å². The summed E-state index contributed by atoms with van der Waals surface area (Å²) in [7, 11) is 1.71. The van der Waals surface area contributed by atoms with E-state index in [0.717, 1.165) is 13.0 Å². The fourth-order valence-electron chi connectivity index (χ4n) is 2.05. The molecular formula is C12H14N4O2. The Kier molecular flexibility index (Phi) is 3.04. The zero-order chi connectivity index (χ0) is 12.4. The maximum Gasteiger partial charge on any atom is 0.244 e. The fraction of sp³-hybridized carbons (Fsp3) is 0.417. The monoisotopic (exact) mass is 246 g/mol. The third-order valence-corrected chi connectivity index (χ3v) is 3.06. The molecule has 2 atom stereocenters. The van der Waals surface area contributed by atoms with Crippen molar-refractivity contribution in [3.05, 3.63) is 30.3 Å². The van der Waals surface area contributed by atoms with Gasteiger partial charge in [-0.3, -0.25) is 4.98 Å². The molecule has 1 aliphatic heterocycles. The van der Waals surface area contributed by atoms with Gasteiger partial charge in [0.05, 0.1) is 12.1 Å². The van der Waals surface area contributed by atoms with Crippen LogP contribution in [0.2, 0.25) is 0 Å². The molecule has 18 heavy (non-hydrogen) atoms. The van der Waals surface area contributed by atoms with Gasteiger partial charge < -0.3 is 14.6 Å². The lowest BCUT2D eigenvalue weighted by Crippen LogP contribution is -2.16. The molecule has 1 aliphatic rings. The van der Waals surface area contributed by atoms with Gasteiger partial charge in [0.15, 0.2) is 0 Å². The van der Waals surface area contributed by atoms with Gasteiger partial charge in [-0.25, -0.2) is 0 Å². The minimum absolute atomic E-state index is 0.0694. The molecule has 6 nitrogen and oxygen atoms in total. The summed E-state index contributed by atoms with van der Waals surface area (Å²) in [4.78, 5) is 8.56. The second-order valence-corrected chi connectivity index (χ2v) is 4.23. The number of hydrogen-bond donors (Lipinski definition) is 1. The SMILES string of the molecule is CO[C@@H]1CN[C@@H](c2nc(-c3ccccn3)no2)C1. The standard InChI is InChI=1S/C12H14N4O2/c1-17-8-6-10(14-7-8)12-15-11(16-18-12)9-4-2-3-5-13-9/h2-5,8,10,14H,6-7H2,1H3/t8-,10+/m0/s1. The molecule has 0 unspecified atom stereocenters. The first-order valence-electron chi connectivity index (χ1n) is 5.88. The summed E-state index contributed by atoms with van der Waals surface area (Å²) in [5.41, 5.74) is 0.716. The van der Waals surface area contributed by atoms with E-state index in [-0.39, 0.29) is 12.1 Å². The molecule has 2 aromatic rings. The second kappa shape index (κ2) is 4.83. The first-order chi connectivity index (χ1) is 8.86. The van der Waals surface area contributed by atoms with Gasteiger partial charge in [0.2, 0.25) is 11.7 Å². The minimum atomic E-state index is 0.0694. The molecule has 0 spiro atoms. The number of nitrogens with one attached hydrogen (secondary N) is 1. The Morgan fingerprint density at radius 3 is 3.11 bits per heavy atom. The van der Waals surface area contributed by atoms with E-state index in [2.05, 4.69) is 20.4 Å². The molecule has 1 N–H and O–H groups in total. The number of pyridine rings is 1. The molecule has 94 valence electrons. The van der Waals surface area contributed by atoms with Crippen molar-refractivity contribution in [3.8, 4) is 11.5 Å². The Bertz CT molecular complexity index is 514. The van der Waals surface area contributed by atoms with Gasteiger partial charge in [0.25, 0.3) is 0 Å². The maximum atomic E-state index is 5.29. The zero-order valence-corrected chi connectivity index (χ0v) is 10.0. The first-order valence-corrected chi connectivity index (χ1v) is 5.88. The van der Waals surface area contributed by atoms with Crippen molar-refractivity contribution in [2.45, 2.75) is 18.6 Å². The van der Waals surface area contributed by atoms with Gasteiger partial charge in [-0.1, -0.05) is 11.2 Å². The zero-order valence-electron chi connectivity index (χ0n) is 10.0. The molecule has 3 heterocycles. The third kappa shape index (κ3) is 2.12. The molecule has 3 rings (SSSR count). The average Bonchev–Trinajstić information content (AvgIpc) is 3.08. The average molecular weight is 246 g/mol. The number of nitrogens with zero attached hydrogens (tertiary/aromatic N) is 3. The lowest BCUT2D eigenvalue weighted by Gasteiger charge is -2.04. The highest BCUT2D eigenvalue weighted by Crippen LogP contribution is 2.24. The highest BCUT2D eigenvalue weighted by atomic mass is 16.5. The first kappa shape index (κ1) is 11.3. The van der Waals surface area contributed by atoms with Crippen molar-refractivity contribution in [3.63, 3.8) is 0 Å². The summed E-state index contributed by atoms with van der Waals surface area (Å²) in [6.45, 7) is 0.808. The van der Waals surface area contributed by atoms with Gasteiger partial charge in [0, 0.05) is 19.9 Å². The molecule has 0 bridgehead atoms. The quantitative estimate of drug-likeness (QED) is 0.876. The van der Waals surface area contributed by atoms with Crippen molar-refractivity contribution >= 4 is 0 Å². The number of hydrogen-bond acceptors (Lipinski definition) is 6. The predicted octanol–water partition coefficient (Wildman–Crippen LogP) is 1.18. The topological polar surface area (TPSA) is 73.1 Å². The van der Waals surface area contributed by atoms with E-state index < -0.39 is 0 Å². The predicted molar refractivity (Wildman–Crippen MR) is 63.7 cm³/mol. The van der Waals surface area contributed by atoms with Crippen LogP contribution in [0.3, 0.4) is 0 Å². The molecule has 1 saturated heterocycles. The van der Waals surface area contributed by atoms with E-state index in [4.69, 9.17) is 9.26 Å².